The molecule has 0 aliphatic heterocycles. The first-order chi connectivity index (χ1) is 5.65. The normalized spacial score (nSPS) is 8.46. The minimum atomic E-state index is 0. The maximum Gasteiger partial charge on any atom is 0.386 e. The van der Waals surface area contributed by atoms with Gasteiger partial charge in [-0.1, -0.05) is 11.6 Å². The first-order valence-electron chi connectivity index (χ1n) is 3.47. The molecule has 0 aromatic heterocycles. The van der Waals surface area contributed by atoms with E-state index in [0.717, 1.165) is 5.69 Å². The van der Waals surface area contributed by atoms with Crippen molar-refractivity contribution in [3.05, 3.63) is 28.2 Å². The van der Waals surface area contributed by atoms with Crippen molar-refractivity contribution in [3.8, 4) is 0 Å². The van der Waals surface area contributed by atoms with Crippen molar-refractivity contribution in [2.45, 2.75) is 0 Å². The molecule has 0 aliphatic carbocycles. The maximum absolute atomic E-state index is 8.44. The molecule has 0 atom stereocenters. The van der Waals surface area contributed by atoms with Crippen molar-refractivity contribution in [3.63, 3.8) is 0 Å². The fourth-order valence-corrected chi connectivity index (χ4v) is 1.26. The summed E-state index contributed by atoms with van der Waals surface area (Å²) < 4.78 is 0. The number of anilines is 1. The summed E-state index contributed by atoms with van der Waals surface area (Å²) in [5, 5.41) is 9.02. The van der Waals surface area contributed by atoms with Gasteiger partial charge in [-0.05, 0) is 6.07 Å². The lowest BCUT2D eigenvalue weighted by Crippen LogP contribution is -3.00. The molecular formula is C8H9Cl2N3. The van der Waals surface area contributed by atoms with Gasteiger partial charge in [0.2, 0.25) is 5.39 Å². The molecule has 0 amide bonds. The van der Waals surface area contributed by atoms with Crippen molar-refractivity contribution < 1.29 is 12.4 Å². The van der Waals surface area contributed by atoms with Gasteiger partial charge in [-0.3, -0.25) is 0 Å². The molecule has 0 fully saturated rings. The first-order valence-corrected chi connectivity index (χ1v) is 3.85. The minimum absolute atomic E-state index is 0. The average Bonchev–Trinajstić information content (AvgIpc) is 2.03. The van der Waals surface area contributed by atoms with Gasteiger partial charge < -0.3 is 17.3 Å². The molecule has 5 heteroatoms. The minimum Gasteiger partial charge on any atom is -1.00 e. The van der Waals surface area contributed by atoms with E-state index in [1.807, 2.05) is 19.0 Å². The predicted octanol–water partition coefficient (Wildman–Crippen LogP) is -0.105. The van der Waals surface area contributed by atoms with Gasteiger partial charge in [0, 0.05) is 20.2 Å². The van der Waals surface area contributed by atoms with E-state index in [1.165, 1.54) is 0 Å². The Labute approximate surface area is 88.3 Å². The molecule has 0 N–H and O–H groups in total. The average molecular weight is 218 g/mol. The Morgan fingerprint density at radius 3 is 2.38 bits per heavy atom. The Kier molecular flexibility index (Phi) is 4.53. The topological polar surface area (TPSA) is 31.4 Å². The molecule has 0 unspecified atom stereocenters. The highest BCUT2D eigenvalue weighted by molar-refractivity contribution is 6.33. The number of nitrogens with zero attached hydrogens (tertiary/aromatic N) is 3. The van der Waals surface area contributed by atoms with Crippen molar-refractivity contribution in [2.24, 2.45) is 0 Å². The Hall–Kier alpha value is -0.980. The number of hydrogen-bond donors (Lipinski definition) is 0. The number of diazo groups is 1. The molecule has 0 aliphatic rings. The van der Waals surface area contributed by atoms with Gasteiger partial charge in [-0.15, -0.1) is 0 Å². The van der Waals surface area contributed by atoms with Crippen LogP contribution in [0.1, 0.15) is 0 Å². The lowest BCUT2D eigenvalue weighted by Gasteiger charge is -2.12. The Balaban J connectivity index is 0.00000144. The highest BCUT2D eigenvalue weighted by Crippen LogP contribution is 2.28. The van der Waals surface area contributed by atoms with E-state index >= 15 is 0 Å². The van der Waals surface area contributed by atoms with E-state index in [9.17, 15) is 0 Å². The lowest BCUT2D eigenvalue weighted by atomic mass is 10.3. The molecule has 0 saturated carbocycles. The summed E-state index contributed by atoms with van der Waals surface area (Å²) >= 11 is 5.89. The maximum atomic E-state index is 8.44. The molecule has 0 spiro atoms. The molecule has 70 valence electrons. The molecule has 1 rings (SSSR count). The molecule has 0 saturated heterocycles. The number of hydrogen-bond acceptors (Lipinski definition) is 2. The van der Waals surface area contributed by atoms with Crippen LogP contribution in [0.2, 0.25) is 5.02 Å². The van der Waals surface area contributed by atoms with E-state index < -0.39 is 0 Å². The molecule has 1 aromatic rings. The number of benzene rings is 1. The van der Waals surface area contributed by atoms with Gasteiger partial charge in [0.25, 0.3) is 0 Å². The van der Waals surface area contributed by atoms with Crippen molar-refractivity contribution in [1.82, 2.24) is 0 Å². The first kappa shape index (κ1) is 12.0. The van der Waals surface area contributed by atoms with Gasteiger partial charge in [0.15, 0.2) is 4.98 Å². The van der Waals surface area contributed by atoms with E-state index in [4.69, 9.17) is 17.0 Å². The second-order valence-corrected chi connectivity index (χ2v) is 3.04. The quantitative estimate of drug-likeness (QED) is 0.616. The van der Waals surface area contributed by atoms with Crippen molar-refractivity contribution in [2.75, 3.05) is 19.0 Å². The third-order valence-electron chi connectivity index (χ3n) is 1.53. The second-order valence-electron chi connectivity index (χ2n) is 2.63. The molecule has 3 nitrogen and oxygen atoms in total. The van der Waals surface area contributed by atoms with E-state index in [-0.39, 0.29) is 12.4 Å². The SMILES string of the molecule is CN(C)c1ccc([N+]#N)cc1Cl.[Cl-]. The highest BCUT2D eigenvalue weighted by Gasteiger charge is 2.09. The predicted molar refractivity (Wildman–Crippen MR) is 50.5 cm³/mol. The second kappa shape index (κ2) is 4.90. The van der Waals surface area contributed by atoms with Crippen LogP contribution in [0.3, 0.4) is 0 Å². The zero-order chi connectivity index (χ0) is 9.14. The van der Waals surface area contributed by atoms with Crippen molar-refractivity contribution >= 4 is 23.0 Å². The van der Waals surface area contributed by atoms with E-state index in [0.29, 0.717) is 10.7 Å². The number of rotatable bonds is 1. The molecule has 0 radical (unpaired) electrons. The van der Waals surface area contributed by atoms with Crippen LogP contribution in [0, 0.1) is 5.39 Å². The third-order valence-corrected chi connectivity index (χ3v) is 1.83. The van der Waals surface area contributed by atoms with Crippen LogP contribution in [0.5, 0.6) is 0 Å². The van der Waals surface area contributed by atoms with Gasteiger partial charge in [0.1, 0.15) is 0 Å². The molecule has 0 bridgehead atoms. The van der Waals surface area contributed by atoms with Gasteiger partial charge >= 0.3 is 5.69 Å². The summed E-state index contributed by atoms with van der Waals surface area (Å²) in [5.74, 6) is 0. The summed E-state index contributed by atoms with van der Waals surface area (Å²) in [6.45, 7) is 0. The Morgan fingerprint density at radius 2 is 2.00 bits per heavy atom. The third kappa shape index (κ3) is 2.76. The summed E-state index contributed by atoms with van der Waals surface area (Å²) in [4.78, 5) is 4.92. The fraction of sp³-hybridized carbons (Fsp3) is 0.250. The summed E-state index contributed by atoms with van der Waals surface area (Å²) in [6, 6.07) is 5.11. The smallest absolute Gasteiger partial charge is 0.386 e. The van der Waals surface area contributed by atoms with E-state index in [2.05, 4.69) is 4.98 Å². The summed E-state index contributed by atoms with van der Waals surface area (Å²) in [5.41, 5.74) is 1.37. The monoisotopic (exact) mass is 217 g/mol. The van der Waals surface area contributed by atoms with Crippen LogP contribution < -0.4 is 17.3 Å². The molecule has 0 heterocycles. The Morgan fingerprint density at radius 1 is 1.38 bits per heavy atom. The van der Waals surface area contributed by atoms with Crippen LogP contribution in [0.25, 0.3) is 4.98 Å². The van der Waals surface area contributed by atoms with Gasteiger partial charge in [-0.25, -0.2) is 0 Å². The number of halogens is 2. The highest BCUT2D eigenvalue weighted by atomic mass is 35.5. The van der Waals surface area contributed by atoms with Crippen LogP contribution in [-0.2, 0) is 0 Å². The zero-order valence-electron chi connectivity index (χ0n) is 7.33. The Bertz CT molecular complexity index is 331. The van der Waals surface area contributed by atoms with Gasteiger partial charge in [-0.2, -0.15) is 0 Å². The summed E-state index contributed by atoms with van der Waals surface area (Å²) in [7, 11) is 3.80. The standard InChI is InChI=1S/C8H9ClN3.ClH/c1-12(2)8-4-3-6(11-10)5-7(8)9;/h3-5H,1-2H3;1H/q+1;/p-1. The fourth-order valence-electron chi connectivity index (χ4n) is 0.921. The largest absolute Gasteiger partial charge is 1.00 e. The van der Waals surface area contributed by atoms with Crippen LogP contribution >= 0.6 is 11.6 Å². The zero-order valence-corrected chi connectivity index (χ0v) is 8.84. The molecule has 13 heavy (non-hydrogen) atoms. The van der Waals surface area contributed by atoms with Crippen molar-refractivity contribution in [1.29, 1.82) is 5.39 Å². The summed E-state index contributed by atoms with van der Waals surface area (Å²) in [6.07, 6.45) is 0. The molecule has 1 aromatic carbocycles. The van der Waals surface area contributed by atoms with Gasteiger partial charge in [0.05, 0.1) is 16.8 Å². The van der Waals surface area contributed by atoms with Crippen LogP contribution in [-0.4, -0.2) is 14.1 Å². The molecular weight excluding hydrogens is 209 g/mol. The van der Waals surface area contributed by atoms with Crippen LogP contribution in [0.4, 0.5) is 11.4 Å². The lowest BCUT2D eigenvalue weighted by molar-refractivity contribution is -0.00000266. The van der Waals surface area contributed by atoms with Crippen LogP contribution in [0.15, 0.2) is 18.2 Å². The van der Waals surface area contributed by atoms with E-state index in [1.54, 1.807) is 18.2 Å².